The van der Waals surface area contributed by atoms with Crippen molar-refractivity contribution in [2.45, 2.75) is 31.6 Å². The number of carbonyl (C=O) groups is 1. The maximum Gasteiger partial charge on any atom is 0.176 e. The zero-order valence-corrected chi connectivity index (χ0v) is 12.1. The van der Waals surface area contributed by atoms with Crippen LogP contribution in [-0.4, -0.2) is 18.3 Å². The number of Topliss-reactive ketones (excluding diaryl/α,β-unsaturated/α-hetero) is 1. The second kappa shape index (κ2) is 6.25. The molecule has 2 rings (SSSR count). The highest BCUT2D eigenvalue weighted by Crippen LogP contribution is 2.32. The van der Waals surface area contributed by atoms with Gasteiger partial charge in [-0.2, -0.15) is 0 Å². The summed E-state index contributed by atoms with van der Waals surface area (Å²) >= 11 is 6.24. The van der Waals surface area contributed by atoms with E-state index in [1.54, 1.807) is 7.11 Å². The van der Waals surface area contributed by atoms with Crippen molar-refractivity contribution in [2.24, 2.45) is 5.92 Å². The van der Waals surface area contributed by atoms with Crippen molar-refractivity contribution in [1.29, 1.82) is 0 Å². The highest BCUT2D eigenvalue weighted by molar-refractivity contribution is 6.34. The number of ether oxygens (including phenoxy) is 1. The number of alkyl halides is 1. The predicted octanol–water partition coefficient (Wildman–Crippen LogP) is 4.08. The molecule has 0 heterocycles. The summed E-state index contributed by atoms with van der Waals surface area (Å²) in [5.74, 6) is 1.20. The predicted molar refractivity (Wildman–Crippen MR) is 78.6 cm³/mol. The monoisotopic (exact) mass is 278 g/mol. The highest BCUT2D eigenvalue weighted by Gasteiger charge is 2.31. The van der Waals surface area contributed by atoms with E-state index in [1.807, 2.05) is 30.3 Å². The largest absolute Gasteiger partial charge is 0.497 e. The maximum atomic E-state index is 12.2. The molecule has 1 aromatic carbocycles. The first-order valence-corrected chi connectivity index (χ1v) is 7.12. The molecule has 0 amide bonds. The van der Waals surface area contributed by atoms with Crippen molar-refractivity contribution >= 4 is 23.5 Å². The summed E-state index contributed by atoms with van der Waals surface area (Å²) in [5.41, 5.74) is 1.82. The third kappa shape index (κ3) is 3.19. The molecule has 2 atom stereocenters. The molecule has 0 bridgehead atoms. The van der Waals surface area contributed by atoms with E-state index in [0.29, 0.717) is 5.92 Å². The molecule has 0 radical (unpaired) electrons. The SMILES string of the molecule is CCC1CCC(=Cc2cccc(OC)c2)C(=O)C1Cl. The van der Waals surface area contributed by atoms with E-state index in [0.717, 1.165) is 36.1 Å². The number of benzene rings is 1. The van der Waals surface area contributed by atoms with Gasteiger partial charge in [-0.1, -0.05) is 25.5 Å². The Bertz CT molecular complexity index is 493. The van der Waals surface area contributed by atoms with Gasteiger partial charge in [0.1, 0.15) is 5.75 Å². The fraction of sp³-hybridized carbons (Fsp3) is 0.438. The molecule has 0 spiro atoms. The van der Waals surface area contributed by atoms with Crippen LogP contribution in [0.5, 0.6) is 5.75 Å². The van der Waals surface area contributed by atoms with Crippen molar-refractivity contribution in [3.63, 3.8) is 0 Å². The fourth-order valence-corrected chi connectivity index (χ4v) is 2.93. The molecule has 19 heavy (non-hydrogen) atoms. The molecule has 1 aliphatic carbocycles. The first-order valence-electron chi connectivity index (χ1n) is 6.68. The van der Waals surface area contributed by atoms with E-state index in [1.165, 1.54) is 0 Å². The lowest BCUT2D eigenvalue weighted by Gasteiger charge is -2.26. The minimum atomic E-state index is -0.365. The second-order valence-electron chi connectivity index (χ2n) is 4.92. The molecule has 2 unspecified atom stereocenters. The van der Waals surface area contributed by atoms with E-state index in [4.69, 9.17) is 16.3 Å². The number of rotatable bonds is 3. The fourth-order valence-electron chi connectivity index (χ4n) is 2.49. The van der Waals surface area contributed by atoms with Crippen molar-refractivity contribution in [2.75, 3.05) is 7.11 Å². The van der Waals surface area contributed by atoms with E-state index in [2.05, 4.69) is 6.92 Å². The summed E-state index contributed by atoms with van der Waals surface area (Å²) in [6.07, 6.45) is 4.71. The zero-order chi connectivity index (χ0) is 13.8. The van der Waals surface area contributed by atoms with Gasteiger partial charge in [0.05, 0.1) is 12.5 Å². The van der Waals surface area contributed by atoms with Crippen LogP contribution in [0.15, 0.2) is 29.8 Å². The Labute approximate surface area is 119 Å². The maximum absolute atomic E-state index is 12.2. The average molecular weight is 279 g/mol. The van der Waals surface area contributed by atoms with Gasteiger partial charge in [-0.25, -0.2) is 0 Å². The molecule has 0 N–H and O–H groups in total. The van der Waals surface area contributed by atoms with Crippen LogP contribution < -0.4 is 4.74 Å². The van der Waals surface area contributed by atoms with Gasteiger partial charge in [-0.3, -0.25) is 4.79 Å². The molecule has 1 aromatic rings. The van der Waals surface area contributed by atoms with Crippen molar-refractivity contribution in [3.05, 3.63) is 35.4 Å². The van der Waals surface area contributed by atoms with Crippen LogP contribution in [-0.2, 0) is 4.79 Å². The molecule has 1 saturated carbocycles. The van der Waals surface area contributed by atoms with Gasteiger partial charge in [-0.15, -0.1) is 11.6 Å². The number of ketones is 1. The van der Waals surface area contributed by atoms with Crippen LogP contribution in [0.25, 0.3) is 6.08 Å². The number of carbonyl (C=O) groups excluding carboxylic acids is 1. The summed E-state index contributed by atoms with van der Waals surface area (Å²) in [7, 11) is 1.64. The third-order valence-electron chi connectivity index (χ3n) is 3.72. The average Bonchev–Trinajstić information content (AvgIpc) is 2.44. The Kier molecular flexibility index (Phi) is 4.65. The van der Waals surface area contributed by atoms with E-state index in [-0.39, 0.29) is 11.2 Å². The standard InChI is InChI=1S/C16H19ClO2/c1-3-12-7-8-13(16(18)15(12)17)9-11-5-4-6-14(10-11)19-2/h4-6,9-10,12,15H,3,7-8H2,1-2H3. The Morgan fingerprint density at radius 3 is 2.95 bits per heavy atom. The zero-order valence-electron chi connectivity index (χ0n) is 11.4. The van der Waals surface area contributed by atoms with Crippen LogP contribution in [0.1, 0.15) is 31.7 Å². The first kappa shape index (κ1) is 14.1. The molecule has 3 heteroatoms. The molecule has 1 fully saturated rings. The highest BCUT2D eigenvalue weighted by atomic mass is 35.5. The second-order valence-corrected chi connectivity index (χ2v) is 5.39. The number of hydrogen-bond donors (Lipinski definition) is 0. The lowest BCUT2D eigenvalue weighted by atomic mass is 9.82. The van der Waals surface area contributed by atoms with E-state index >= 15 is 0 Å². The molecular weight excluding hydrogens is 260 g/mol. The Morgan fingerprint density at radius 1 is 1.47 bits per heavy atom. The number of halogens is 1. The summed E-state index contributed by atoms with van der Waals surface area (Å²) in [6, 6.07) is 7.71. The minimum Gasteiger partial charge on any atom is -0.497 e. The van der Waals surface area contributed by atoms with Crippen molar-refractivity contribution in [1.82, 2.24) is 0 Å². The quantitative estimate of drug-likeness (QED) is 0.615. The van der Waals surface area contributed by atoms with Gasteiger partial charge in [0.2, 0.25) is 0 Å². The molecule has 0 aromatic heterocycles. The Hall–Kier alpha value is -1.28. The molecule has 1 aliphatic rings. The van der Waals surface area contributed by atoms with Crippen LogP contribution in [0, 0.1) is 5.92 Å². The first-order chi connectivity index (χ1) is 9.15. The molecular formula is C16H19ClO2. The normalized spacial score (nSPS) is 25.6. The van der Waals surface area contributed by atoms with Crippen LogP contribution in [0.3, 0.4) is 0 Å². The number of methoxy groups -OCH3 is 1. The summed E-state index contributed by atoms with van der Waals surface area (Å²) in [4.78, 5) is 12.2. The number of allylic oxidation sites excluding steroid dienone is 1. The minimum absolute atomic E-state index is 0.0857. The Balaban J connectivity index is 2.21. The van der Waals surface area contributed by atoms with Gasteiger partial charge in [-0.05, 0) is 48.1 Å². The van der Waals surface area contributed by atoms with Gasteiger partial charge in [0.25, 0.3) is 0 Å². The Morgan fingerprint density at radius 2 is 2.26 bits per heavy atom. The van der Waals surface area contributed by atoms with Gasteiger partial charge < -0.3 is 4.74 Å². The van der Waals surface area contributed by atoms with Crippen molar-refractivity contribution < 1.29 is 9.53 Å². The molecule has 2 nitrogen and oxygen atoms in total. The lowest BCUT2D eigenvalue weighted by molar-refractivity contribution is -0.117. The third-order valence-corrected chi connectivity index (χ3v) is 4.28. The topological polar surface area (TPSA) is 26.3 Å². The summed E-state index contributed by atoms with van der Waals surface area (Å²) < 4.78 is 5.19. The lowest BCUT2D eigenvalue weighted by Crippen LogP contribution is -2.30. The molecule has 0 saturated heterocycles. The van der Waals surface area contributed by atoms with Crippen LogP contribution in [0.4, 0.5) is 0 Å². The molecule has 0 aliphatic heterocycles. The smallest absolute Gasteiger partial charge is 0.176 e. The van der Waals surface area contributed by atoms with E-state index in [9.17, 15) is 4.79 Å². The van der Waals surface area contributed by atoms with Crippen LogP contribution in [0.2, 0.25) is 0 Å². The van der Waals surface area contributed by atoms with Crippen LogP contribution >= 0.6 is 11.6 Å². The summed E-state index contributed by atoms with van der Waals surface area (Å²) in [5, 5.41) is -0.365. The number of hydrogen-bond acceptors (Lipinski definition) is 2. The van der Waals surface area contributed by atoms with E-state index < -0.39 is 0 Å². The molecule has 102 valence electrons. The van der Waals surface area contributed by atoms with Gasteiger partial charge >= 0.3 is 0 Å². The van der Waals surface area contributed by atoms with Gasteiger partial charge in [0.15, 0.2) is 5.78 Å². The summed E-state index contributed by atoms with van der Waals surface area (Å²) in [6.45, 7) is 2.09. The van der Waals surface area contributed by atoms with Gasteiger partial charge in [0, 0.05) is 0 Å². The van der Waals surface area contributed by atoms with Crippen molar-refractivity contribution in [3.8, 4) is 5.75 Å².